The quantitative estimate of drug-likeness (QED) is 0.735. The Balaban J connectivity index is 1.68. The summed E-state index contributed by atoms with van der Waals surface area (Å²) in [5.41, 5.74) is 2.34. The lowest BCUT2D eigenvalue weighted by atomic mass is 9.91. The number of benzene rings is 1. The standard InChI is InChI=1S/C21H23N5O2/c1-14-16(8-7-15-5-3-4-6-19(15)28-2)21-25-18(17-9-10-22-12-23-17)11-20(27)26(21)13-24-14/h3-6,9-12,14,16,24H,7-8,13H2,1-2H3. The van der Waals surface area contributed by atoms with E-state index in [1.54, 1.807) is 30.0 Å². The normalized spacial score (nSPS) is 18.5. The summed E-state index contributed by atoms with van der Waals surface area (Å²) in [5.74, 6) is 1.80. The Hall–Kier alpha value is -3.06. The van der Waals surface area contributed by atoms with E-state index in [9.17, 15) is 4.79 Å². The van der Waals surface area contributed by atoms with E-state index in [2.05, 4.69) is 28.3 Å². The third-order valence-corrected chi connectivity index (χ3v) is 5.31. The summed E-state index contributed by atoms with van der Waals surface area (Å²) in [7, 11) is 1.69. The van der Waals surface area contributed by atoms with Crippen molar-refractivity contribution in [2.24, 2.45) is 0 Å². The van der Waals surface area contributed by atoms with E-state index in [-0.39, 0.29) is 17.5 Å². The van der Waals surface area contributed by atoms with Crippen LogP contribution in [0.5, 0.6) is 5.75 Å². The highest BCUT2D eigenvalue weighted by Gasteiger charge is 2.29. The Morgan fingerprint density at radius 1 is 1.25 bits per heavy atom. The van der Waals surface area contributed by atoms with Gasteiger partial charge in [-0.15, -0.1) is 0 Å². The Morgan fingerprint density at radius 3 is 2.89 bits per heavy atom. The maximum absolute atomic E-state index is 12.7. The molecule has 0 radical (unpaired) electrons. The molecule has 7 nitrogen and oxygen atoms in total. The van der Waals surface area contributed by atoms with Gasteiger partial charge in [0.1, 0.15) is 17.9 Å². The molecule has 1 N–H and O–H groups in total. The largest absolute Gasteiger partial charge is 0.496 e. The number of methoxy groups -OCH3 is 1. The van der Waals surface area contributed by atoms with E-state index in [4.69, 9.17) is 9.72 Å². The van der Waals surface area contributed by atoms with Crippen LogP contribution in [0.1, 0.15) is 30.7 Å². The Labute approximate surface area is 163 Å². The molecular weight excluding hydrogens is 354 g/mol. The molecule has 0 saturated heterocycles. The molecule has 7 heteroatoms. The molecular formula is C21H23N5O2. The molecule has 3 heterocycles. The van der Waals surface area contributed by atoms with Crippen LogP contribution in [0.3, 0.4) is 0 Å². The van der Waals surface area contributed by atoms with Crippen LogP contribution >= 0.6 is 0 Å². The number of ether oxygens (including phenoxy) is 1. The minimum Gasteiger partial charge on any atom is -0.496 e. The molecule has 144 valence electrons. The SMILES string of the molecule is COc1ccccc1CCC1c2nc(-c3ccncn3)cc(=O)n2CNC1C. The van der Waals surface area contributed by atoms with Crippen LogP contribution in [0.25, 0.3) is 11.4 Å². The number of nitrogens with zero attached hydrogens (tertiary/aromatic N) is 4. The van der Waals surface area contributed by atoms with E-state index in [0.717, 1.165) is 30.0 Å². The molecule has 3 aromatic rings. The predicted molar refractivity (Wildman–Crippen MR) is 106 cm³/mol. The van der Waals surface area contributed by atoms with Crippen molar-refractivity contribution in [2.45, 2.75) is 38.4 Å². The van der Waals surface area contributed by atoms with Gasteiger partial charge < -0.3 is 4.74 Å². The number of aryl methyl sites for hydroxylation is 1. The fourth-order valence-corrected chi connectivity index (χ4v) is 3.74. The summed E-state index contributed by atoms with van der Waals surface area (Å²) < 4.78 is 7.20. The van der Waals surface area contributed by atoms with Crippen molar-refractivity contribution >= 4 is 0 Å². The molecule has 1 aliphatic heterocycles. The summed E-state index contributed by atoms with van der Waals surface area (Å²) in [6.07, 6.45) is 4.82. The minimum atomic E-state index is -0.0692. The van der Waals surface area contributed by atoms with Crippen molar-refractivity contribution in [2.75, 3.05) is 7.11 Å². The van der Waals surface area contributed by atoms with Crippen molar-refractivity contribution in [3.05, 3.63) is 70.7 Å². The number of hydrogen-bond donors (Lipinski definition) is 1. The number of nitrogens with one attached hydrogen (secondary N) is 1. The van der Waals surface area contributed by atoms with E-state index in [0.29, 0.717) is 18.1 Å². The Bertz CT molecular complexity index is 1020. The first-order valence-electron chi connectivity index (χ1n) is 9.41. The molecule has 2 aromatic heterocycles. The fourth-order valence-electron chi connectivity index (χ4n) is 3.74. The van der Waals surface area contributed by atoms with Crippen LogP contribution in [0.15, 0.2) is 53.7 Å². The molecule has 0 bridgehead atoms. The maximum atomic E-state index is 12.7. The molecule has 0 aliphatic carbocycles. The monoisotopic (exact) mass is 377 g/mol. The Kier molecular flexibility index (Phi) is 5.16. The topological polar surface area (TPSA) is 81.9 Å². The minimum absolute atomic E-state index is 0.0692. The summed E-state index contributed by atoms with van der Waals surface area (Å²) >= 11 is 0. The van der Waals surface area contributed by atoms with Crippen LogP contribution in [0, 0.1) is 0 Å². The van der Waals surface area contributed by atoms with Gasteiger partial charge in [0.15, 0.2) is 0 Å². The lowest BCUT2D eigenvalue weighted by Crippen LogP contribution is -2.45. The summed E-state index contributed by atoms with van der Waals surface area (Å²) in [5, 5.41) is 3.42. The number of hydrogen-bond acceptors (Lipinski definition) is 6. The van der Waals surface area contributed by atoms with E-state index in [1.165, 1.54) is 6.33 Å². The van der Waals surface area contributed by atoms with Gasteiger partial charge in [-0.1, -0.05) is 18.2 Å². The lowest BCUT2D eigenvalue weighted by Gasteiger charge is -2.32. The van der Waals surface area contributed by atoms with E-state index in [1.807, 2.05) is 18.2 Å². The maximum Gasteiger partial charge on any atom is 0.255 e. The Morgan fingerprint density at radius 2 is 2.11 bits per heavy atom. The van der Waals surface area contributed by atoms with Gasteiger partial charge in [0.05, 0.1) is 25.2 Å². The van der Waals surface area contributed by atoms with Crippen LogP contribution < -0.4 is 15.6 Å². The van der Waals surface area contributed by atoms with E-state index >= 15 is 0 Å². The first-order valence-corrected chi connectivity index (χ1v) is 9.41. The van der Waals surface area contributed by atoms with Gasteiger partial charge in [-0.2, -0.15) is 0 Å². The van der Waals surface area contributed by atoms with Crippen molar-refractivity contribution in [1.82, 2.24) is 24.8 Å². The zero-order valence-corrected chi connectivity index (χ0v) is 16.0. The second kappa shape index (κ2) is 7.90. The number of aromatic nitrogens is 4. The van der Waals surface area contributed by atoms with Crippen LogP contribution in [-0.2, 0) is 13.1 Å². The predicted octanol–water partition coefficient (Wildman–Crippen LogP) is 2.37. The van der Waals surface area contributed by atoms with Crippen molar-refractivity contribution < 1.29 is 4.74 Å². The van der Waals surface area contributed by atoms with Gasteiger partial charge in [0.2, 0.25) is 0 Å². The molecule has 2 unspecified atom stereocenters. The fraction of sp³-hybridized carbons (Fsp3) is 0.333. The molecule has 0 fully saturated rings. The molecule has 0 amide bonds. The van der Waals surface area contributed by atoms with Gasteiger partial charge >= 0.3 is 0 Å². The zero-order chi connectivity index (χ0) is 19.5. The second-order valence-corrected chi connectivity index (χ2v) is 6.97. The molecule has 2 atom stereocenters. The number of para-hydroxylation sites is 1. The molecule has 1 aliphatic rings. The highest BCUT2D eigenvalue weighted by Crippen LogP contribution is 2.29. The lowest BCUT2D eigenvalue weighted by molar-refractivity contribution is 0.319. The summed E-state index contributed by atoms with van der Waals surface area (Å²) in [6.45, 7) is 2.61. The van der Waals surface area contributed by atoms with Crippen LogP contribution in [0.4, 0.5) is 0 Å². The van der Waals surface area contributed by atoms with Gasteiger partial charge in [-0.25, -0.2) is 15.0 Å². The first kappa shape index (κ1) is 18.3. The van der Waals surface area contributed by atoms with Crippen LogP contribution in [0.2, 0.25) is 0 Å². The smallest absolute Gasteiger partial charge is 0.255 e. The van der Waals surface area contributed by atoms with Crippen molar-refractivity contribution in [1.29, 1.82) is 0 Å². The van der Waals surface area contributed by atoms with Gasteiger partial charge in [0, 0.05) is 24.2 Å². The highest BCUT2D eigenvalue weighted by molar-refractivity contribution is 5.52. The third-order valence-electron chi connectivity index (χ3n) is 5.31. The van der Waals surface area contributed by atoms with Crippen LogP contribution in [-0.4, -0.2) is 32.7 Å². The first-order chi connectivity index (χ1) is 13.7. The third kappa shape index (κ3) is 3.53. The van der Waals surface area contributed by atoms with Gasteiger partial charge in [-0.3, -0.25) is 14.7 Å². The number of rotatable bonds is 5. The van der Waals surface area contributed by atoms with Crippen molar-refractivity contribution in [3.8, 4) is 17.1 Å². The molecule has 0 saturated carbocycles. The van der Waals surface area contributed by atoms with E-state index < -0.39 is 0 Å². The average molecular weight is 377 g/mol. The van der Waals surface area contributed by atoms with Gasteiger partial charge in [0.25, 0.3) is 5.56 Å². The summed E-state index contributed by atoms with van der Waals surface area (Å²) in [6, 6.07) is 11.6. The molecule has 0 spiro atoms. The molecule has 1 aromatic carbocycles. The second-order valence-electron chi connectivity index (χ2n) is 6.97. The molecule has 28 heavy (non-hydrogen) atoms. The summed E-state index contributed by atoms with van der Waals surface area (Å²) in [4.78, 5) is 25.7. The highest BCUT2D eigenvalue weighted by atomic mass is 16.5. The average Bonchev–Trinajstić information content (AvgIpc) is 2.73. The zero-order valence-electron chi connectivity index (χ0n) is 16.0. The van der Waals surface area contributed by atoms with Crippen molar-refractivity contribution in [3.63, 3.8) is 0 Å². The molecule has 4 rings (SSSR count). The van der Waals surface area contributed by atoms with Gasteiger partial charge in [-0.05, 0) is 37.5 Å². The number of fused-ring (bicyclic) bond motifs is 1.